The van der Waals surface area contributed by atoms with Crippen LogP contribution in [-0.4, -0.2) is 61.5 Å². The van der Waals surface area contributed by atoms with E-state index in [9.17, 15) is 19.2 Å². The second-order valence-electron chi connectivity index (χ2n) is 7.49. The summed E-state index contributed by atoms with van der Waals surface area (Å²) in [4.78, 5) is 48.4. The Labute approximate surface area is 184 Å². The third kappa shape index (κ3) is 9.67. The van der Waals surface area contributed by atoms with Crippen LogP contribution in [0.1, 0.15) is 79.1 Å². The van der Waals surface area contributed by atoms with E-state index in [0.717, 1.165) is 0 Å². The van der Waals surface area contributed by atoms with Gasteiger partial charge in [-0.1, -0.05) is 27.7 Å². The number of esters is 4. The molecule has 1 aliphatic rings. The van der Waals surface area contributed by atoms with Crippen LogP contribution in [0.2, 0.25) is 0 Å². The van der Waals surface area contributed by atoms with Crippen LogP contribution in [0.3, 0.4) is 0 Å². The zero-order chi connectivity index (χ0) is 23.2. The monoisotopic (exact) mass is 444 g/mol. The van der Waals surface area contributed by atoms with Gasteiger partial charge in [-0.25, -0.2) is 0 Å². The summed E-state index contributed by atoms with van der Waals surface area (Å²) in [5.41, 5.74) is 0. The third-order valence-corrected chi connectivity index (χ3v) is 4.57. The number of ether oxygens (including phenoxy) is 5. The topological polar surface area (TPSA) is 114 Å². The first-order chi connectivity index (χ1) is 14.9. The van der Waals surface area contributed by atoms with Crippen molar-refractivity contribution in [3.63, 3.8) is 0 Å². The van der Waals surface area contributed by atoms with Gasteiger partial charge >= 0.3 is 23.9 Å². The molecule has 178 valence electrons. The van der Waals surface area contributed by atoms with Crippen molar-refractivity contribution >= 4 is 23.9 Å². The molecular formula is C22H36O9. The van der Waals surface area contributed by atoms with Crippen LogP contribution in [0, 0.1) is 0 Å². The molecule has 31 heavy (non-hydrogen) atoms. The Balaban J connectivity index is 3.08. The summed E-state index contributed by atoms with van der Waals surface area (Å²) in [6.07, 6.45) is -0.755. The summed E-state index contributed by atoms with van der Waals surface area (Å²) in [6, 6.07) is 0. The number of carbonyl (C=O) groups excluding carboxylic acids is 4. The Morgan fingerprint density at radius 2 is 1.13 bits per heavy atom. The highest BCUT2D eigenvalue weighted by Crippen LogP contribution is 2.26. The highest BCUT2D eigenvalue weighted by molar-refractivity contribution is 5.72. The minimum Gasteiger partial charge on any atom is -0.463 e. The highest BCUT2D eigenvalue weighted by Gasteiger charge is 2.47. The van der Waals surface area contributed by atoms with Crippen LogP contribution in [0.4, 0.5) is 0 Å². The molecule has 9 nitrogen and oxygen atoms in total. The van der Waals surface area contributed by atoms with Crippen LogP contribution >= 0.6 is 0 Å². The molecule has 0 amide bonds. The van der Waals surface area contributed by atoms with Gasteiger partial charge in [0.1, 0.15) is 12.7 Å². The lowest BCUT2D eigenvalue weighted by Crippen LogP contribution is -2.59. The SMILES string of the molecule is CCCC(=O)OC[C@H]1OC[C@H](OC(=O)CCC)[C@@H](OC(=O)CCC)[C@H]1OC(=O)CCC. The largest absolute Gasteiger partial charge is 0.463 e. The molecule has 1 fully saturated rings. The van der Waals surface area contributed by atoms with E-state index in [-0.39, 0.29) is 38.9 Å². The summed E-state index contributed by atoms with van der Waals surface area (Å²) in [5, 5.41) is 0. The molecule has 1 rings (SSSR count). The Morgan fingerprint density at radius 3 is 1.65 bits per heavy atom. The van der Waals surface area contributed by atoms with Crippen LogP contribution in [0.25, 0.3) is 0 Å². The minimum atomic E-state index is -1.07. The quantitative estimate of drug-likeness (QED) is 0.312. The first-order valence-electron chi connectivity index (χ1n) is 11.2. The summed E-state index contributed by atoms with van der Waals surface area (Å²) < 4.78 is 27.6. The fraction of sp³-hybridized carbons (Fsp3) is 0.818. The van der Waals surface area contributed by atoms with E-state index >= 15 is 0 Å². The Morgan fingerprint density at radius 1 is 0.677 bits per heavy atom. The molecule has 0 bridgehead atoms. The number of hydrogen-bond acceptors (Lipinski definition) is 9. The summed E-state index contributed by atoms with van der Waals surface area (Å²) in [7, 11) is 0. The molecule has 9 heteroatoms. The van der Waals surface area contributed by atoms with Crippen molar-refractivity contribution in [1.82, 2.24) is 0 Å². The van der Waals surface area contributed by atoms with E-state index in [1.165, 1.54) is 0 Å². The smallest absolute Gasteiger partial charge is 0.306 e. The average molecular weight is 445 g/mol. The maximum atomic E-state index is 12.3. The van der Waals surface area contributed by atoms with Gasteiger partial charge in [-0.2, -0.15) is 0 Å². The van der Waals surface area contributed by atoms with Gasteiger partial charge in [-0.05, 0) is 25.7 Å². The fourth-order valence-corrected chi connectivity index (χ4v) is 3.07. The zero-order valence-corrected chi connectivity index (χ0v) is 19.1. The van der Waals surface area contributed by atoms with Crippen molar-refractivity contribution in [3.8, 4) is 0 Å². The van der Waals surface area contributed by atoms with Crippen molar-refractivity contribution in [2.24, 2.45) is 0 Å². The Kier molecular flexibility index (Phi) is 12.8. The van der Waals surface area contributed by atoms with Crippen molar-refractivity contribution in [2.75, 3.05) is 13.2 Å². The molecule has 0 aromatic rings. The van der Waals surface area contributed by atoms with Crippen molar-refractivity contribution in [3.05, 3.63) is 0 Å². The first kappa shape index (κ1) is 26.9. The Hall–Kier alpha value is -2.16. The molecule has 0 aliphatic carbocycles. The fourth-order valence-electron chi connectivity index (χ4n) is 3.07. The predicted molar refractivity (Wildman–Crippen MR) is 110 cm³/mol. The van der Waals surface area contributed by atoms with Gasteiger partial charge < -0.3 is 23.7 Å². The molecule has 0 saturated carbocycles. The predicted octanol–water partition coefficient (Wildman–Crippen LogP) is 2.86. The molecule has 1 aliphatic heterocycles. The number of carbonyl (C=O) groups is 4. The van der Waals surface area contributed by atoms with Gasteiger partial charge in [0.2, 0.25) is 0 Å². The molecule has 1 heterocycles. The van der Waals surface area contributed by atoms with Gasteiger partial charge in [0.25, 0.3) is 0 Å². The van der Waals surface area contributed by atoms with Gasteiger partial charge in [-0.3, -0.25) is 19.2 Å². The first-order valence-corrected chi connectivity index (χ1v) is 11.2. The molecule has 0 radical (unpaired) electrons. The lowest BCUT2D eigenvalue weighted by Gasteiger charge is -2.40. The molecule has 0 unspecified atom stereocenters. The molecule has 4 atom stereocenters. The molecule has 0 spiro atoms. The molecular weight excluding hydrogens is 408 g/mol. The lowest BCUT2D eigenvalue weighted by molar-refractivity contribution is -0.233. The molecule has 0 aromatic heterocycles. The van der Waals surface area contributed by atoms with Crippen molar-refractivity contribution in [1.29, 1.82) is 0 Å². The second kappa shape index (κ2) is 14.8. The maximum Gasteiger partial charge on any atom is 0.306 e. The van der Waals surface area contributed by atoms with Crippen LogP contribution in [0.5, 0.6) is 0 Å². The highest BCUT2D eigenvalue weighted by atomic mass is 16.7. The van der Waals surface area contributed by atoms with E-state index in [1.807, 2.05) is 27.7 Å². The molecule has 1 saturated heterocycles. The van der Waals surface area contributed by atoms with E-state index < -0.39 is 48.3 Å². The maximum absolute atomic E-state index is 12.3. The van der Waals surface area contributed by atoms with Crippen LogP contribution in [-0.2, 0) is 42.9 Å². The summed E-state index contributed by atoms with van der Waals surface area (Å²) in [5.74, 6) is -1.86. The second-order valence-corrected chi connectivity index (χ2v) is 7.49. The zero-order valence-electron chi connectivity index (χ0n) is 19.1. The molecule has 0 aromatic carbocycles. The van der Waals surface area contributed by atoms with Crippen molar-refractivity contribution < 1.29 is 42.9 Å². The van der Waals surface area contributed by atoms with E-state index in [0.29, 0.717) is 25.7 Å². The normalized spacial score (nSPS) is 23.0. The van der Waals surface area contributed by atoms with Gasteiger partial charge in [0, 0.05) is 25.7 Å². The number of rotatable bonds is 13. The number of hydrogen-bond donors (Lipinski definition) is 0. The average Bonchev–Trinajstić information content (AvgIpc) is 2.70. The third-order valence-electron chi connectivity index (χ3n) is 4.57. The van der Waals surface area contributed by atoms with E-state index in [1.54, 1.807) is 0 Å². The summed E-state index contributed by atoms with van der Waals surface area (Å²) in [6.45, 7) is 7.12. The van der Waals surface area contributed by atoms with Crippen LogP contribution in [0.15, 0.2) is 0 Å². The minimum absolute atomic E-state index is 0.0721. The lowest BCUT2D eigenvalue weighted by atomic mass is 9.99. The van der Waals surface area contributed by atoms with E-state index in [4.69, 9.17) is 23.7 Å². The Bertz CT molecular complexity index is 590. The van der Waals surface area contributed by atoms with Crippen molar-refractivity contribution in [2.45, 2.75) is 103 Å². The van der Waals surface area contributed by atoms with Gasteiger partial charge in [0.15, 0.2) is 18.3 Å². The van der Waals surface area contributed by atoms with E-state index in [2.05, 4.69) is 0 Å². The summed E-state index contributed by atoms with van der Waals surface area (Å²) >= 11 is 0. The van der Waals surface area contributed by atoms with Gasteiger partial charge in [-0.15, -0.1) is 0 Å². The van der Waals surface area contributed by atoms with Crippen LogP contribution < -0.4 is 0 Å². The molecule has 0 N–H and O–H groups in total. The standard InChI is InChI=1S/C22H36O9/c1-5-9-17(23)28-13-15-21(30-19(25)11-7-3)22(31-20(26)12-8-4)16(14-27-15)29-18(24)10-6-2/h15-16,21-22H,5-14H2,1-4H3/t15-,16+,21+,22-/m1/s1. The van der Waals surface area contributed by atoms with Gasteiger partial charge in [0.05, 0.1) is 6.61 Å².